The van der Waals surface area contributed by atoms with Gasteiger partial charge in [0.1, 0.15) is 11.8 Å². The summed E-state index contributed by atoms with van der Waals surface area (Å²) >= 11 is 0. The molecule has 1 N–H and O–H groups in total. The molecule has 200 valence electrons. The van der Waals surface area contributed by atoms with Crippen LogP contribution in [0.4, 0.5) is 0 Å². The summed E-state index contributed by atoms with van der Waals surface area (Å²) in [4.78, 5) is 19.0. The molecule has 0 aliphatic carbocycles. The topological polar surface area (TPSA) is 98.2 Å². The average molecular weight is 525 g/mol. The van der Waals surface area contributed by atoms with Gasteiger partial charge in [0, 0.05) is 31.3 Å². The van der Waals surface area contributed by atoms with Gasteiger partial charge in [-0.15, -0.1) is 5.10 Å². The van der Waals surface area contributed by atoms with Crippen molar-refractivity contribution in [3.63, 3.8) is 0 Å². The molecule has 39 heavy (non-hydrogen) atoms. The molecular formula is C30H32N6O3. The molecule has 9 heteroatoms. The van der Waals surface area contributed by atoms with Gasteiger partial charge < -0.3 is 14.5 Å². The molecule has 3 aromatic carbocycles. The highest BCUT2D eigenvalue weighted by atomic mass is 16.5. The van der Waals surface area contributed by atoms with E-state index in [1.54, 1.807) is 18.9 Å². The number of hydrogen-bond acceptors (Lipinski definition) is 7. The van der Waals surface area contributed by atoms with Crippen molar-refractivity contribution >= 4 is 10.9 Å². The van der Waals surface area contributed by atoms with Crippen molar-refractivity contribution in [3.8, 4) is 5.75 Å². The molecular weight excluding hydrogens is 492 g/mol. The number of rotatable bonds is 11. The maximum absolute atomic E-state index is 13.7. The van der Waals surface area contributed by atoms with E-state index in [1.165, 1.54) is 0 Å². The van der Waals surface area contributed by atoms with E-state index < -0.39 is 6.04 Å². The van der Waals surface area contributed by atoms with Crippen molar-refractivity contribution < 1.29 is 9.47 Å². The zero-order valence-corrected chi connectivity index (χ0v) is 22.4. The number of nitrogens with one attached hydrogen (secondary N) is 1. The van der Waals surface area contributed by atoms with E-state index in [0.29, 0.717) is 37.6 Å². The van der Waals surface area contributed by atoms with Crippen molar-refractivity contribution in [1.29, 1.82) is 0 Å². The second-order valence-corrected chi connectivity index (χ2v) is 9.54. The van der Waals surface area contributed by atoms with Crippen LogP contribution in [0.1, 0.15) is 34.1 Å². The Bertz CT molecular complexity index is 1580. The number of aromatic amines is 1. The Morgan fingerprint density at radius 3 is 2.41 bits per heavy atom. The second-order valence-electron chi connectivity index (χ2n) is 9.54. The molecule has 0 saturated heterocycles. The van der Waals surface area contributed by atoms with E-state index in [-0.39, 0.29) is 5.56 Å². The molecule has 5 aromatic rings. The quantitative estimate of drug-likeness (QED) is 0.276. The Labute approximate surface area is 227 Å². The van der Waals surface area contributed by atoms with Crippen LogP contribution in [0.5, 0.6) is 5.75 Å². The lowest BCUT2D eigenvalue weighted by molar-refractivity contribution is 0.169. The summed E-state index contributed by atoms with van der Waals surface area (Å²) in [5.74, 6) is 1.36. The lowest BCUT2D eigenvalue weighted by Gasteiger charge is -2.31. The predicted molar refractivity (Wildman–Crippen MR) is 150 cm³/mol. The van der Waals surface area contributed by atoms with Gasteiger partial charge in [-0.2, -0.15) is 0 Å². The van der Waals surface area contributed by atoms with E-state index in [2.05, 4.69) is 37.5 Å². The standard InChI is InChI=1S/C30H32N6O3/c1-21-9-12-24-18-26(30(37)31-27(24)17-21)28(29-32-33-34-36(29)15-16-38-2)35(19-22-7-5-4-6-8-22)20-23-10-13-25(39-3)14-11-23/h4-14,17-18,28H,15-16,19-20H2,1-3H3,(H,31,37). The molecule has 1 atom stereocenters. The van der Waals surface area contributed by atoms with Crippen molar-refractivity contribution in [2.75, 3.05) is 20.8 Å². The Morgan fingerprint density at radius 1 is 0.949 bits per heavy atom. The monoisotopic (exact) mass is 524 g/mol. The Hall–Kier alpha value is -4.34. The fourth-order valence-electron chi connectivity index (χ4n) is 4.80. The summed E-state index contributed by atoms with van der Waals surface area (Å²) in [6.45, 7) is 4.03. The zero-order chi connectivity index (χ0) is 27.2. The number of fused-ring (bicyclic) bond motifs is 1. The molecule has 5 rings (SSSR count). The highest BCUT2D eigenvalue weighted by molar-refractivity contribution is 5.79. The van der Waals surface area contributed by atoms with Crippen molar-refractivity contribution in [1.82, 2.24) is 30.1 Å². The van der Waals surface area contributed by atoms with Crippen LogP contribution < -0.4 is 10.3 Å². The largest absolute Gasteiger partial charge is 0.497 e. The number of benzene rings is 3. The summed E-state index contributed by atoms with van der Waals surface area (Å²) in [5.41, 5.74) is 4.46. The third-order valence-electron chi connectivity index (χ3n) is 6.77. The van der Waals surface area contributed by atoms with Gasteiger partial charge in [-0.05, 0) is 63.7 Å². The van der Waals surface area contributed by atoms with Gasteiger partial charge in [-0.3, -0.25) is 9.69 Å². The van der Waals surface area contributed by atoms with Crippen LogP contribution in [-0.2, 0) is 24.4 Å². The number of aromatic nitrogens is 5. The number of hydrogen-bond donors (Lipinski definition) is 1. The minimum atomic E-state index is -0.534. The minimum absolute atomic E-state index is 0.174. The molecule has 0 saturated carbocycles. The summed E-state index contributed by atoms with van der Waals surface area (Å²) in [6.07, 6.45) is 0. The highest BCUT2D eigenvalue weighted by Crippen LogP contribution is 2.30. The SMILES string of the molecule is COCCn1nnnc1C(c1cc2ccc(C)cc2[nH]c1=O)N(Cc1ccccc1)Cc1ccc(OC)cc1. The van der Waals surface area contributed by atoms with Crippen molar-refractivity contribution in [2.24, 2.45) is 0 Å². The second kappa shape index (κ2) is 12.0. The molecule has 0 radical (unpaired) electrons. The molecule has 9 nitrogen and oxygen atoms in total. The van der Waals surface area contributed by atoms with Gasteiger partial charge in [-0.25, -0.2) is 4.68 Å². The summed E-state index contributed by atoms with van der Waals surface area (Å²) < 4.78 is 12.4. The van der Waals surface area contributed by atoms with Gasteiger partial charge in [0.25, 0.3) is 5.56 Å². The molecule has 2 heterocycles. The molecule has 0 fully saturated rings. The molecule has 0 bridgehead atoms. The van der Waals surface area contributed by atoms with Crippen LogP contribution in [0.2, 0.25) is 0 Å². The predicted octanol–water partition coefficient (Wildman–Crippen LogP) is 4.27. The zero-order valence-electron chi connectivity index (χ0n) is 22.4. The third kappa shape index (κ3) is 6.05. The van der Waals surface area contributed by atoms with Gasteiger partial charge in [-0.1, -0.05) is 54.6 Å². The van der Waals surface area contributed by atoms with Crippen LogP contribution in [0.25, 0.3) is 10.9 Å². The Balaban J connectivity index is 1.67. The van der Waals surface area contributed by atoms with E-state index in [0.717, 1.165) is 33.3 Å². The first kappa shape index (κ1) is 26.3. The number of H-pyrrole nitrogens is 1. The lowest BCUT2D eigenvalue weighted by Crippen LogP contribution is -2.35. The minimum Gasteiger partial charge on any atom is -0.497 e. The third-order valence-corrected chi connectivity index (χ3v) is 6.77. The van der Waals surface area contributed by atoms with E-state index in [1.807, 2.05) is 73.7 Å². The first-order chi connectivity index (χ1) is 19.1. The van der Waals surface area contributed by atoms with Gasteiger partial charge >= 0.3 is 0 Å². The smallest absolute Gasteiger partial charge is 0.253 e. The number of methoxy groups -OCH3 is 2. The molecule has 0 aliphatic heterocycles. The summed E-state index contributed by atoms with van der Waals surface area (Å²) in [5, 5.41) is 13.6. The van der Waals surface area contributed by atoms with Crippen LogP contribution in [0.3, 0.4) is 0 Å². The van der Waals surface area contributed by atoms with Gasteiger partial charge in [0.05, 0.1) is 20.3 Å². The summed E-state index contributed by atoms with van der Waals surface area (Å²) in [7, 11) is 3.29. The van der Waals surface area contributed by atoms with E-state index in [4.69, 9.17) is 9.47 Å². The van der Waals surface area contributed by atoms with Crippen LogP contribution in [-0.4, -0.2) is 50.9 Å². The van der Waals surface area contributed by atoms with Crippen LogP contribution in [0, 0.1) is 6.92 Å². The maximum atomic E-state index is 13.7. The maximum Gasteiger partial charge on any atom is 0.253 e. The summed E-state index contributed by atoms with van der Waals surface area (Å²) in [6, 6.07) is 25.6. The number of aryl methyl sites for hydroxylation is 1. The molecule has 0 spiro atoms. The lowest BCUT2D eigenvalue weighted by atomic mass is 10.0. The fourth-order valence-corrected chi connectivity index (χ4v) is 4.80. The highest BCUT2D eigenvalue weighted by Gasteiger charge is 2.31. The Kier molecular flexibility index (Phi) is 8.10. The average Bonchev–Trinajstić information content (AvgIpc) is 3.41. The molecule has 0 aliphatic rings. The number of tetrazole rings is 1. The van der Waals surface area contributed by atoms with Crippen LogP contribution >= 0.6 is 0 Å². The first-order valence-electron chi connectivity index (χ1n) is 12.8. The number of ether oxygens (including phenoxy) is 2. The van der Waals surface area contributed by atoms with Crippen molar-refractivity contribution in [3.05, 3.63) is 117 Å². The van der Waals surface area contributed by atoms with Crippen molar-refractivity contribution in [2.45, 2.75) is 32.6 Å². The normalized spacial score (nSPS) is 12.2. The van der Waals surface area contributed by atoms with Crippen LogP contribution in [0.15, 0.2) is 83.7 Å². The fraction of sp³-hybridized carbons (Fsp3) is 0.267. The Morgan fingerprint density at radius 2 is 1.69 bits per heavy atom. The van der Waals surface area contributed by atoms with Gasteiger partial charge in [0.2, 0.25) is 0 Å². The van der Waals surface area contributed by atoms with E-state index in [9.17, 15) is 4.79 Å². The number of pyridine rings is 1. The first-order valence-corrected chi connectivity index (χ1v) is 12.8. The molecule has 2 aromatic heterocycles. The van der Waals surface area contributed by atoms with Gasteiger partial charge in [0.15, 0.2) is 5.82 Å². The molecule has 0 amide bonds. The number of nitrogens with zero attached hydrogens (tertiary/aromatic N) is 5. The molecule has 1 unspecified atom stereocenters. The van der Waals surface area contributed by atoms with E-state index >= 15 is 0 Å².